The van der Waals surface area contributed by atoms with Crippen molar-refractivity contribution in [3.8, 4) is 0 Å². The average molecular weight is 214 g/mol. The van der Waals surface area contributed by atoms with Gasteiger partial charge in [0.25, 0.3) is 0 Å². The van der Waals surface area contributed by atoms with Crippen LogP contribution >= 0.6 is 0 Å². The first-order valence-electron chi connectivity index (χ1n) is 6.31. The zero-order valence-corrected chi connectivity index (χ0v) is 10.4. The van der Waals surface area contributed by atoms with Crippen LogP contribution in [-0.4, -0.2) is 48.3 Å². The lowest BCUT2D eigenvalue weighted by molar-refractivity contribution is 0.113. The Balaban J connectivity index is 2.08. The third kappa shape index (κ3) is 4.96. The van der Waals surface area contributed by atoms with Gasteiger partial charge in [0, 0.05) is 19.1 Å². The summed E-state index contributed by atoms with van der Waals surface area (Å²) in [4.78, 5) is 2.26. The highest BCUT2D eigenvalue weighted by Gasteiger charge is 2.27. The standard InChI is InChI=1S/C12H26N2O/c1-4-14(5-2)9-12(15)8-13-10(3)11-6-7-11/h10-13,15H,4-9H2,1-3H3. The van der Waals surface area contributed by atoms with Crippen molar-refractivity contribution in [2.45, 2.75) is 45.8 Å². The van der Waals surface area contributed by atoms with Crippen molar-refractivity contribution >= 4 is 0 Å². The zero-order chi connectivity index (χ0) is 11.3. The molecule has 1 fully saturated rings. The molecule has 0 radical (unpaired) electrons. The third-order valence-corrected chi connectivity index (χ3v) is 3.37. The number of rotatable bonds is 8. The van der Waals surface area contributed by atoms with E-state index in [-0.39, 0.29) is 6.10 Å². The van der Waals surface area contributed by atoms with Crippen molar-refractivity contribution in [1.29, 1.82) is 0 Å². The minimum Gasteiger partial charge on any atom is -0.390 e. The molecule has 2 unspecified atom stereocenters. The van der Waals surface area contributed by atoms with Gasteiger partial charge in [-0.25, -0.2) is 0 Å². The summed E-state index contributed by atoms with van der Waals surface area (Å²) in [5.41, 5.74) is 0. The fourth-order valence-corrected chi connectivity index (χ4v) is 1.93. The molecule has 3 heteroatoms. The lowest BCUT2D eigenvalue weighted by atomic mass is 10.2. The minimum atomic E-state index is -0.230. The number of likely N-dealkylation sites (N-methyl/N-ethyl adjacent to an activating group) is 1. The van der Waals surface area contributed by atoms with Crippen LogP contribution in [0.1, 0.15) is 33.6 Å². The van der Waals surface area contributed by atoms with Crippen LogP contribution in [0.5, 0.6) is 0 Å². The maximum absolute atomic E-state index is 9.83. The molecular formula is C12H26N2O. The van der Waals surface area contributed by atoms with Gasteiger partial charge >= 0.3 is 0 Å². The van der Waals surface area contributed by atoms with Crippen LogP contribution in [0.25, 0.3) is 0 Å². The molecule has 0 aromatic rings. The van der Waals surface area contributed by atoms with Crippen LogP contribution in [0, 0.1) is 5.92 Å². The number of nitrogens with one attached hydrogen (secondary N) is 1. The van der Waals surface area contributed by atoms with E-state index in [9.17, 15) is 5.11 Å². The predicted molar refractivity (Wildman–Crippen MR) is 64.0 cm³/mol. The van der Waals surface area contributed by atoms with Crippen LogP contribution in [0.2, 0.25) is 0 Å². The Morgan fingerprint density at radius 2 is 1.93 bits per heavy atom. The van der Waals surface area contributed by atoms with Gasteiger partial charge in [-0.05, 0) is 38.8 Å². The number of aliphatic hydroxyl groups is 1. The van der Waals surface area contributed by atoms with Gasteiger partial charge in [0.05, 0.1) is 6.10 Å². The van der Waals surface area contributed by atoms with E-state index >= 15 is 0 Å². The van der Waals surface area contributed by atoms with Crippen molar-refractivity contribution in [1.82, 2.24) is 10.2 Å². The van der Waals surface area contributed by atoms with Crippen LogP contribution in [0.4, 0.5) is 0 Å². The van der Waals surface area contributed by atoms with Gasteiger partial charge < -0.3 is 15.3 Å². The van der Waals surface area contributed by atoms with E-state index in [1.54, 1.807) is 0 Å². The average Bonchev–Trinajstić information content (AvgIpc) is 3.06. The van der Waals surface area contributed by atoms with E-state index in [1.165, 1.54) is 12.8 Å². The summed E-state index contributed by atoms with van der Waals surface area (Å²) in [7, 11) is 0. The van der Waals surface area contributed by atoms with Crippen molar-refractivity contribution in [2.75, 3.05) is 26.2 Å². The molecule has 0 spiro atoms. The first kappa shape index (κ1) is 12.9. The maximum Gasteiger partial charge on any atom is 0.0791 e. The molecule has 2 atom stereocenters. The molecule has 0 saturated heterocycles. The van der Waals surface area contributed by atoms with Gasteiger partial charge in [-0.1, -0.05) is 13.8 Å². The molecule has 0 aliphatic heterocycles. The van der Waals surface area contributed by atoms with Gasteiger partial charge in [-0.2, -0.15) is 0 Å². The molecule has 1 aliphatic rings. The molecule has 1 aliphatic carbocycles. The number of nitrogens with zero attached hydrogens (tertiary/aromatic N) is 1. The van der Waals surface area contributed by atoms with E-state index < -0.39 is 0 Å². The molecule has 3 nitrogen and oxygen atoms in total. The molecular weight excluding hydrogens is 188 g/mol. The number of hydrogen-bond donors (Lipinski definition) is 2. The molecule has 15 heavy (non-hydrogen) atoms. The van der Waals surface area contributed by atoms with Crippen molar-refractivity contribution in [2.24, 2.45) is 5.92 Å². The highest BCUT2D eigenvalue weighted by molar-refractivity contribution is 4.83. The van der Waals surface area contributed by atoms with E-state index in [0.29, 0.717) is 6.04 Å². The minimum absolute atomic E-state index is 0.230. The van der Waals surface area contributed by atoms with Gasteiger partial charge in [0.1, 0.15) is 0 Å². The molecule has 1 rings (SSSR count). The number of hydrogen-bond acceptors (Lipinski definition) is 3. The fourth-order valence-electron chi connectivity index (χ4n) is 1.93. The Bertz CT molecular complexity index is 167. The molecule has 0 aromatic heterocycles. The van der Waals surface area contributed by atoms with E-state index in [2.05, 4.69) is 31.0 Å². The monoisotopic (exact) mass is 214 g/mol. The normalized spacial score (nSPS) is 20.6. The molecule has 0 amide bonds. The summed E-state index contributed by atoms with van der Waals surface area (Å²) >= 11 is 0. The molecule has 2 N–H and O–H groups in total. The Kier molecular flexibility index (Phi) is 5.58. The maximum atomic E-state index is 9.83. The van der Waals surface area contributed by atoms with Crippen molar-refractivity contribution < 1.29 is 5.11 Å². The second-order valence-electron chi connectivity index (χ2n) is 4.67. The summed E-state index contributed by atoms with van der Waals surface area (Å²) in [6.07, 6.45) is 2.49. The summed E-state index contributed by atoms with van der Waals surface area (Å²) in [6.45, 7) is 10.1. The molecule has 0 heterocycles. The lowest BCUT2D eigenvalue weighted by Gasteiger charge is -2.23. The second-order valence-corrected chi connectivity index (χ2v) is 4.67. The fraction of sp³-hybridized carbons (Fsp3) is 1.00. The van der Waals surface area contributed by atoms with Crippen LogP contribution < -0.4 is 5.32 Å². The quantitative estimate of drug-likeness (QED) is 0.634. The van der Waals surface area contributed by atoms with Crippen molar-refractivity contribution in [3.63, 3.8) is 0 Å². The molecule has 0 aromatic carbocycles. The second kappa shape index (κ2) is 6.46. The Morgan fingerprint density at radius 3 is 2.40 bits per heavy atom. The third-order valence-electron chi connectivity index (χ3n) is 3.37. The van der Waals surface area contributed by atoms with Crippen LogP contribution in [-0.2, 0) is 0 Å². The van der Waals surface area contributed by atoms with Gasteiger partial charge in [-0.3, -0.25) is 0 Å². The SMILES string of the molecule is CCN(CC)CC(O)CNC(C)C1CC1. The molecule has 0 bridgehead atoms. The lowest BCUT2D eigenvalue weighted by Crippen LogP contribution is -2.41. The predicted octanol–water partition coefficient (Wildman–Crippen LogP) is 1.08. The Hall–Kier alpha value is -0.120. The van der Waals surface area contributed by atoms with E-state index in [4.69, 9.17) is 0 Å². The highest BCUT2D eigenvalue weighted by Crippen LogP contribution is 2.32. The Labute approximate surface area is 93.9 Å². The first-order chi connectivity index (χ1) is 7.17. The smallest absolute Gasteiger partial charge is 0.0791 e. The summed E-state index contributed by atoms with van der Waals surface area (Å²) in [5, 5.41) is 13.2. The van der Waals surface area contributed by atoms with Gasteiger partial charge in [-0.15, -0.1) is 0 Å². The summed E-state index contributed by atoms with van der Waals surface area (Å²) in [5.74, 6) is 0.866. The Morgan fingerprint density at radius 1 is 1.33 bits per heavy atom. The molecule has 1 saturated carbocycles. The van der Waals surface area contributed by atoms with Crippen LogP contribution in [0.15, 0.2) is 0 Å². The number of aliphatic hydroxyl groups excluding tert-OH is 1. The summed E-state index contributed by atoms with van der Waals surface area (Å²) < 4.78 is 0. The van der Waals surface area contributed by atoms with Crippen LogP contribution in [0.3, 0.4) is 0 Å². The first-order valence-corrected chi connectivity index (χ1v) is 6.31. The largest absolute Gasteiger partial charge is 0.390 e. The summed E-state index contributed by atoms with van der Waals surface area (Å²) in [6, 6.07) is 0.580. The van der Waals surface area contributed by atoms with Gasteiger partial charge in [0.15, 0.2) is 0 Å². The zero-order valence-electron chi connectivity index (χ0n) is 10.4. The molecule has 90 valence electrons. The van der Waals surface area contributed by atoms with E-state index in [1.807, 2.05) is 0 Å². The van der Waals surface area contributed by atoms with E-state index in [0.717, 1.165) is 32.1 Å². The van der Waals surface area contributed by atoms with Gasteiger partial charge in [0.2, 0.25) is 0 Å². The topological polar surface area (TPSA) is 35.5 Å². The highest BCUT2D eigenvalue weighted by atomic mass is 16.3. The van der Waals surface area contributed by atoms with Crippen molar-refractivity contribution in [3.05, 3.63) is 0 Å².